The van der Waals surface area contributed by atoms with E-state index in [1.54, 1.807) is 42.7 Å². The van der Waals surface area contributed by atoms with E-state index in [0.717, 1.165) is 5.56 Å². The molecule has 0 radical (unpaired) electrons. The van der Waals surface area contributed by atoms with Crippen molar-refractivity contribution < 1.29 is 41.1 Å². The molecule has 2 aliphatic heterocycles. The van der Waals surface area contributed by atoms with E-state index in [9.17, 15) is 36.3 Å². The Morgan fingerprint density at radius 1 is 1.02 bits per heavy atom. The number of halogens is 5. The van der Waals surface area contributed by atoms with Crippen molar-refractivity contribution in [1.82, 2.24) is 15.1 Å². The molecule has 228 valence electrons. The predicted molar refractivity (Wildman–Crippen MR) is 143 cm³/mol. The topological polar surface area (TPSA) is 79.0 Å². The van der Waals surface area contributed by atoms with Crippen LogP contribution in [0.4, 0.5) is 26.7 Å². The van der Waals surface area contributed by atoms with Crippen molar-refractivity contribution in [2.45, 2.75) is 51.7 Å². The van der Waals surface area contributed by atoms with Crippen molar-refractivity contribution in [2.75, 3.05) is 32.8 Å². The van der Waals surface area contributed by atoms with Crippen molar-refractivity contribution >= 4 is 17.9 Å². The largest absolute Gasteiger partial charge is 0.450 e. The van der Waals surface area contributed by atoms with E-state index in [4.69, 9.17) is 4.74 Å². The molecule has 0 aromatic heterocycles. The maximum absolute atomic E-state index is 14.3. The van der Waals surface area contributed by atoms with Gasteiger partial charge in [0.2, 0.25) is 5.91 Å². The lowest BCUT2D eigenvalue weighted by Crippen LogP contribution is -2.55. The first-order valence-corrected chi connectivity index (χ1v) is 13.9. The van der Waals surface area contributed by atoms with Gasteiger partial charge in [-0.15, -0.1) is 0 Å². The summed E-state index contributed by atoms with van der Waals surface area (Å²) in [6.45, 7) is 6.66. The van der Waals surface area contributed by atoms with Crippen LogP contribution < -0.4 is 5.32 Å². The molecule has 0 saturated carbocycles. The zero-order chi connectivity index (χ0) is 30.8. The Kier molecular flexibility index (Phi) is 9.12. The van der Waals surface area contributed by atoms with E-state index in [2.05, 4.69) is 5.32 Å². The van der Waals surface area contributed by atoms with Crippen LogP contribution >= 0.6 is 0 Å². The van der Waals surface area contributed by atoms with E-state index in [0.29, 0.717) is 57.2 Å². The van der Waals surface area contributed by atoms with Gasteiger partial charge in [0.15, 0.2) is 0 Å². The molecule has 7 nitrogen and oxygen atoms in total. The van der Waals surface area contributed by atoms with Crippen LogP contribution in [-0.2, 0) is 15.7 Å². The molecule has 42 heavy (non-hydrogen) atoms. The Bertz CT molecular complexity index is 1310. The molecule has 2 fully saturated rings. The predicted octanol–water partition coefficient (Wildman–Crippen LogP) is 5.60. The van der Waals surface area contributed by atoms with Gasteiger partial charge in [-0.1, -0.05) is 26.0 Å². The van der Waals surface area contributed by atoms with E-state index in [-0.39, 0.29) is 18.3 Å². The van der Waals surface area contributed by atoms with Gasteiger partial charge in [0, 0.05) is 32.1 Å². The summed E-state index contributed by atoms with van der Waals surface area (Å²) in [5.74, 6) is -3.61. The van der Waals surface area contributed by atoms with Gasteiger partial charge in [0.05, 0.1) is 17.7 Å². The van der Waals surface area contributed by atoms with Crippen molar-refractivity contribution in [3.8, 4) is 0 Å². The molecule has 2 aromatic rings. The van der Waals surface area contributed by atoms with Gasteiger partial charge in [-0.05, 0) is 67.0 Å². The van der Waals surface area contributed by atoms with Crippen LogP contribution in [0.2, 0.25) is 0 Å². The Morgan fingerprint density at radius 2 is 1.67 bits per heavy atom. The number of amides is 3. The molecule has 1 unspecified atom stereocenters. The maximum atomic E-state index is 14.3. The van der Waals surface area contributed by atoms with Crippen molar-refractivity contribution in [1.29, 1.82) is 0 Å². The SMILES string of the molecule is CCOC(=O)N1CC(c2ccc(F)cc2)C2(CCN(C(=O)[C@H](NC(=O)c3cc(C(F)(F)F)ccc3F)C(C)C)CC2)C1. The van der Waals surface area contributed by atoms with Crippen LogP contribution in [0.5, 0.6) is 0 Å². The first kappa shape index (κ1) is 31.2. The lowest BCUT2D eigenvalue weighted by molar-refractivity contribution is -0.138. The van der Waals surface area contributed by atoms with Crippen LogP contribution in [0, 0.1) is 23.0 Å². The Balaban J connectivity index is 1.50. The highest BCUT2D eigenvalue weighted by atomic mass is 19.4. The van der Waals surface area contributed by atoms with Crippen LogP contribution in [0.1, 0.15) is 61.0 Å². The molecule has 0 bridgehead atoms. The molecule has 12 heteroatoms. The number of alkyl halides is 3. The second-order valence-electron chi connectivity index (χ2n) is 11.3. The first-order chi connectivity index (χ1) is 19.8. The molecule has 2 saturated heterocycles. The average molecular weight is 596 g/mol. The molecule has 1 spiro atoms. The minimum absolute atomic E-state index is 0.121. The molecule has 2 atom stereocenters. The molecule has 1 N–H and O–H groups in total. The molecule has 2 aliphatic rings. The lowest BCUT2D eigenvalue weighted by atomic mass is 9.68. The third-order valence-electron chi connectivity index (χ3n) is 8.27. The fourth-order valence-electron chi connectivity index (χ4n) is 5.96. The molecule has 3 amide bonds. The Morgan fingerprint density at radius 3 is 2.24 bits per heavy atom. The number of hydrogen-bond donors (Lipinski definition) is 1. The maximum Gasteiger partial charge on any atom is 0.416 e. The van der Waals surface area contributed by atoms with Gasteiger partial charge >= 0.3 is 12.3 Å². The number of carbonyl (C=O) groups is 3. The van der Waals surface area contributed by atoms with Crippen molar-refractivity contribution in [3.05, 3.63) is 70.8 Å². The highest BCUT2D eigenvalue weighted by Gasteiger charge is 2.51. The minimum Gasteiger partial charge on any atom is -0.450 e. The zero-order valence-electron chi connectivity index (χ0n) is 23.6. The molecule has 4 rings (SSSR count). The lowest BCUT2D eigenvalue weighted by Gasteiger charge is -2.43. The average Bonchev–Trinajstić information content (AvgIpc) is 3.30. The number of hydrogen-bond acceptors (Lipinski definition) is 4. The first-order valence-electron chi connectivity index (χ1n) is 13.9. The highest BCUT2D eigenvalue weighted by molar-refractivity contribution is 5.98. The normalized spacial score (nSPS) is 19.2. The summed E-state index contributed by atoms with van der Waals surface area (Å²) < 4.78 is 72.7. The van der Waals surface area contributed by atoms with E-state index < -0.39 is 58.4 Å². The molecular formula is C30H34F5N3O4. The number of carbonyl (C=O) groups excluding carboxylic acids is 3. The van der Waals surface area contributed by atoms with Crippen LogP contribution in [0.15, 0.2) is 42.5 Å². The third kappa shape index (κ3) is 6.52. The number of likely N-dealkylation sites (tertiary alicyclic amines) is 2. The van der Waals surface area contributed by atoms with Gasteiger partial charge in [0.1, 0.15) is 17.7 Å². The quantitative estimate of drug-likeness (QED) is 0.441. The number of ether oxygens (including phenoxy) is 1. The number of nitrogens with one attached hydrogen (secondary N) is 1. The van der Waals surface area contributed by atoms with Gasteiger partial charge in [-0.2, -0.15) is 13.2 Å². The Hall–Kier alpha value is -3.70. The summed E-state index contributed by atoms with van der Waals surface area (Å²) in [7, 11) is 0. The highest BCUT2D eigenvalue weighted by Crippen LogP contribution is 2.50. The third-order valence-corrected chi connectivity index (χ3v) is 8.27. The van der Waals surface area contributed by atoms with Crippen LogP contribution in [0.25, 0.3) is 0 Å². The van der Waals surface area contributed by atoms with Crippen molar-refractivity contribution in [2.24, 2.45) is 11.3 Å². The second kappa shape index (κ2) is 12.3. The molecular weight excluding hydrogens is 561 g/mol. The molecule has 2 heterocycles. The van der Waals surface area contributed by atoms with Gasteiger partial charge in [0.25, 0.3) is 5.91 Å². The summed E-state index contributed by atoms with van der Waals surface area (Å²) >= 11 is 0. The van der Waals surface area contributed by atoms with Gasteiger partial charge < -0.3 is 19.9 Å². The summed E-state index contributed by atoms with van der Waals surface area (Å²) in [4.78, 5) is 42.3. The summed E-state index contributed by atoms with van der Waals surface area (Å²) in [6, 6.07) is 6.60. The van der Waals surface area contributed by atoms with Crippen molar-refractivity contribution in [3.63, 3.8) is 0 Å². The van der Waals surface area contributed by atoms with Gasteiger partial charge in [-0.25, -0.2) is 13.6 Å². The number of rotatable bonds is 6. The van der Waals surface area contributed by atoms with Crippen LogP contribution in [0.3, 0.4) is 0 Å². The minimum atomic E-state index is -4.77. The molecule has 0 aliphatic carbocycles. The smallest absolute Gasteiger partial charge is 0.416 e. The fraction of sp³-hybridized carbons (Fsp3) is 0.500. The Labute approximate surface area is 241 Å². The zero-order valence-corrected chi connectivity index (χ0v) is 23.6. The fourth-order valence-corrected chi connectivity index (χ4v) is 5.96. The number of piperidine rings is 1. The standard InChI is InChI=1S/C30H34F5N3O4/c1-4-42-28(41)38-16-23(19-5-8-21(31)9-6-19)29(17-38)11-13-37(14-12-29)27(40)25(18(2)3)36-26(39)22-15-20(30(33,34)35)7-10-24(22)32/h5-10,15,18,23,25H,4,11-14,16-17H2,1-3H3,(H,36,39)/t23?,25-/m1/s1. The van der Waals surface area contributed by atoms with E-state index in [1.807, 2.05) is 0 Å². The summed E-state index contributed by atoms with van der Waals surface area (Å²) in [6.07, 6.45) is -4.19. The number of benzene rings is 2. The van der Waals surface area contributed by atoms with Gasteiger partial charge in [-0.3, -0.25) is 9.59 Å². The monoisotopic (exact) mass is 595 g/mol. The van der Waals surface area contributed by atoms with Crippen LogP contribution in [-0.4, -0.2) is 66.5 Å². The van der Waals surface area contributed by atoms with E-state index in [1.165, 1.54) is 12.1 Å². The summed E-state index contributed by atoms with van der Waals surface area (Å²) in [5.41, 5.74) is -1.50. The summed E-state index contributed by atoms with van der Waals surface area (Å²) in [5, 5.41) is 2.44. The molecule has 2 aromatic carbocycles. The number of nitrogens with zero attached hydrogens (tertiary/aromatic N) is 2. The van der Waals surface area contributed by atoms with E-state index >= 15 is 0 Å². The second-order valence-corrected chi connectivity index (χ2v) is 11.3.